The topological polar surface area (TPSA) is 94.1 Å². The van der Waals surface area contributed by atoms with Crippen molar-refractivity contribution in [2.24, 2.45) is 0 Å². The van der Waals surface area contributed by atoms with Crippen molar-refractivity contribution < 1.29 is 14.0 Å². The van der Waals surface area contributed by atoms with Crippen LogP contribution in [0.4, 0.5) is 0 Å². The predicted molar refractivity (Wildman–Crippen MR) is 29.5 cm³/mol. The van der Waals surface area contributed by atoms with Crippen LogP contribution in [0.25, 0.3) is 0 Å². The maximum absolute atomic E-state index is 9.33. The molecule has 1 unspecified atom stereocenters. The van der Waals surface area contributed by atoms with Crippen molar-refractivity contribution in [3.05, 3.63) is 0 Å². The first-order valence-corrected chi connectivity index (χ1v) is 3.00. The predicted octanol–water partition coefficient (Wildman–Crippen LogP) is 0.0484. The maximum atomic E-state index is 9.33. The van der Waals surface area contributed by atoms with Crippen LogP contribution in [-0.4, -0.2) is 12.0 Å². The minimum Gasteiger partial charge on any atom is -0.326 e. The fraction of sp³-hybridized carbons (Fsp3) is 0.333. The van der Waals surface area contributed by atoms with Gasteiger partial charge >= 0.3 is 8.25 Å². The van der Waals surface area contributed by atoms with E-state index in [-0.39, 0.29) is 0 Å². The quantitative estimate of drug-likeness (QED) is 0.530. The lowest BCUT2D eigenvalue weighted by Gasteiger charge is -1.78. The van der Waals surface area contributed by atoms with Crippen LogP contribution in [-0.2, 0) is 9.09 Å². The average molecular weight is 148 g/mol. The van der Waals surface area contributed by atoms with Gasteiger partial charge in [0.05, 0.1) is 0 Å². The molecular weight excluding hydrogens is 143 g/mol. The van der Waals surface area contributed by atoms with Crippen molar-refractivity contribution in [1.29, 1.82) is 10.5 Å². The van der Waals surface area contributed by atoms with Gasteiger partial charge in [0.2, 0.25) is 0 Å². The molecule has 0 spiro atoms. The number of nitriles is 2. The molecule has 9 heavy (non-hydrogen) atoms. The molecule has 0 aromatic rings. The summed E-state index contributed by atoms with van der Waals surface area (Å²) >= 11 is 0. The molecule has 0 radical (unpaired) electrons. The third-order valence-corrected chi connectivity index (χ3v) is 0.574. The highest BCUT2D eigenvalue weighted by Gasteiger charge is 1.74. The van der Waals surface area contributed by atoms with E-state index in [9.17, 15) is 4.57 Å². The largest absolute Gasteiger partial charge is 0.326 e. The Morgan fingerprint density at radius 2 is 1.78 bits per heavy atom. The first kappa shape index (κ1) is 11.0. The zero-order chi connectivity index (χ0) is 7.70. The summed E-state index contributed by atoms with van der Waals surface area (Å²) in [5.74, 6) is 0. The second kappa shape index (κ2) is 10.2. The number of nitrogens with zero attached hydrogens (tertiary/aromatic N) is 2. The molecule has 1 N–H and O–H groups in total. The second-order valence-electron chi connectivity index (χ2n) is 0.694. The fourth-order valence-corrected chi connectivity index (χ4v) is 0. The molecule has 5 nitrogen and oxygen atoms in total. The summed E-state index contributed by atoms with van der Waals surface area (Å²) in [7, 11) is -1.44. The Morgan fingerprint density at radius 1 is 1.56 bits per heavy atom. The van der Waals surface area contributed by atoms with E-state index in [1.165, 1.54) is 19.2 Å². The Balaban J connectivity index is 0. The van der Waals surface area contributed by atoms with Crippen LogP contribution in [0.5, 0.6) is 0 Å². The van der Waals surface area contributed by atoms with Crippen molar-refractivity contribution in [1.82, 2.24) is 0 Å². The van der Waals surface area contributed by atoms with Crippen LogP contribution in [0.15, 0.2) is 0 Å². The van der Waals surface area contributed by atoms with E-state index in [0.29, 0.717) is 0 Å². The van der Waals surface area contributed by atoms with Crippen molar-refractivity contribution in [3.8, 4) is 12.1 Å². The summed E-state index contributed by atoms with van der Waals surface area (Å²) in [6, 6.07) is 2.47. The highest BCUT2D eigenvalue weighted by molar-refractivity contribution is 7.32. The third kappa shape index (κ3) is 41.4. The highest BCUT2D eigenvalue weighted by atomic mass is 31.1. The lowest BCUT2D eigenvalue weighted by molar-refractivity contribution is 0.343. The minimum atomic E-state index is -2.62. The van der Waals surface area contributed by atoms with Gasteiger partial charge in [-0.15, -0.1) is 0 Å². The van der Waals surface area contributed by atoms with E-state index in [4.69, 9.17) is 15.4 Å². The molecule has 0 amide bonds. The Labute approximate surface area is 53.0 Å². The third-order valence-electron chi connectivity index (χ3n) is 0.225. The van der Waals surface area contributed by atoms with Crippen LogP contribution >= 0.6 is 8.25 Å². The highest BCUT2D eigenvalue weighted by Crippen LogP contribution is 2.09. The molecule has 50 valence electrons. The monoisotopic (exact) mass is 148 g/mol. The van der Waals surface area contributed by atoms with Gasteiger partial charge in [-0.1, -0.05) is 0 Å². The number of hydrogen-bond acceptors (Lipinski definition) is 4. The first-order valence-electron chi connectivity index (χ1n) is 1.74. The van der Waals surface area contributed by atoms with Crippen molar-refractivity contribution >= 4 is 8.25 Å². The van der Waals surface area contributed by atoms with Gasteiger partial charge in [0.15, 0.2) is 12.1 Å². The maximum Gasteiger partial charge on any atom is 0.316 e. The summed E-state index contributed by atoms with van der Waals surface area (Å²) in [5.41, 5.74) is 0. The Bertz CT molecular complexity index is 143. The molecule has 0 aliphatic rings. The molecule has 0 bridgehead atoms. The zero-order valence-corrected chi connectivity index (χ0v) is 5.66. The summed E-state index contributed by atoms with van der Waals surface area (Å²) in [6.07, 6.45) is 0. The number of rotatable bonds is 1. The lowest BCUT2D eigenvalue weighted by Crippen LogP contribution is -1.57. The van der Waals surface area contributed by atoms with Gasteiger partial charge in [0.1, 0.15) is 0 Å². The molecule has 0 aromatic heterocycles. The molecular formula is C3H5N2O3P. The minimum absolute atomic E-state index is 1.18. The average Bonchev–Trinajstić information content (AvgIpc) is 1.89. The van der Waals surface area contributed by atoms with Gasteiger partial charge in [-0.05, 0) is 0 Å². The van der Waals surface area contributed by atoms with Crippen LogP contribution < -0.4 is 0 Å². The summed E-state index contributed by atoms with van der Waals surface area (Å²) in [6.45, 7) is 0. The van der Waals surface area contributed by atoms with Crippen LogP contribution in [0.3, 0.4) is 0 Å². The molecule has 6 heteroatoms. The SMILES string of the molecule is CO[PH](=O)O.N#CC#N. The Kier molecular flexibility index (Phi) is 12.4. The van der Waals surface area contributed by atoms with Gasteiger partial charge in [-0.2, -0.15) is 10.5 Å². The molecule has 1 atom stereocenters. The zero-order valence-electron chi connectivity index (χ0n) is 4.66. The van der Waals surface area contributed by atoms with E-state index >= 15 is 0 Å². The van der Waals surface area contributed by atoms with Crippen LogP contribution in [0, 0.1) is 22.7 Å². The van der Waals surface area contributed by atoms with Crippen molar-refractivity contribution in [2.45, 2.75) is 0 Å². The van der Waals surface area contributed by atoms with E-state index in [1.807, 2.05) is 0 Å². The fourth-order valence-electron chi connectivity index (χ4n) is 0. The van der Waals surface area contributed by atoms with E-state index in [1.54, 1.807) is 0 Å². The smallest absolute Gasteiger partial charge is 0.316 e. The Morgan fingerprint density at radius 3 is 1.78 bits per heavy atom. The summed E-state index contributed by atoms with van der Waals surface area (Å²) < 4.78 is 13.2. The Hall–Kier alpha value is -0.870. The molecule has 0 aliphatic heterocycles. The molecule has 0 heterocycles. The molecule has 0 aliphatic carbocycles. The normalized spacial score (nSPS) is 9.33. The van der Waals surface area contributed by atoms with Crippen molar-refractivity contribution in [2.75, 3.05) is 7.11 Å². The first-order chi connectivity index (χ1) is 4.18. The molecule has 0 aromatic carbocycles. The molecule has 0 fully saturated rings. The molecule has 0 saturated heterocycles. The van der Waals surface area contributed by atoms with Gasteiger partial charge in [-0.25, -0.2) is 0 Å². The summed E-state index contributed by atoms with van der Waals surface area (Å²) in [4.78, 5) is 7.69. The van der Waals surface area contributed by atoms with Gasteiger partial charge in [0.25, 0.3) is 0 Å². The standard InChI is InChI=1S/C2N2.CH5O3P/c3-1-2-4;1-4-5(2)3/h;5H,1H3,(H,2,3). The van der Waals surface area contributed by atoms with Gasteiger partial charge < -0.3 is 9.42 Å². The summed E-state index contributed by atoms with van der Waals surface area (Å²) in [5, 5.41) is 14.5. The van der Waals surface area contributed by atoms with Gasteiger partial charge in [0, 0.05) is 7.11 Å². The van der Waals surface area contributed by atoms with Crippen LogP contribution in [0.1, 0.15) is 0 Å². The van der Waals surface area contributed by atoms with Gasteiger partial charge in [-0.3, -0.25) is 4.57 Å². The van der Waals surface area contributed by atoms with E-state index < -0.39 is 8.25 Å². The molecule has 0 rings (SSSR count). The van der Waals surface area contributed by atoms with Crippen LogP contribution in [0.2, 0.25) is 0 Å². The number of hydrogen-bond donors (Lipinski definition) is 1. The molecule has 0 saturated carbocycles. The van der Waals surface area contributed by atoms with E-state index in [2.05, 4.69) is 4.52 Å². The van der Waals surface area contributed by atoms with E-state index in [0.717, 1.165) is 0 Å². The second-order valence-corrected chi connectivity index (χ2v) is 1.63. The van der Waals surface area contributed by atoms with Crippen molar-refractivity contribution in [3.63, 3.8) is 0 Å². The lowest BCUT2D eigenvalue weighted by atomic mass is 10.9.